The quantitative estimate of drug-likeness (QED) is 0.626. The van der Waals surface area contributed by atoms with E-state index in [9.17, 15) is 4.79 Å². The highest BCUT2D eigenvalue weighted by atomic mass is 16.5. The minimum Gasteiger partial charge on any atom is -0.469 e. The van der Waals surface area contributed by atoms with Crippen LogP contribution >= 0.6 is 0 Å². The molecule has 0 aromatic carbocycles. The fourth-order valence-corrected chi connectivity index (χ4v) is 1.68. The van der Waals surface area contributed by atoms with Crippen molar-refractivity contribution in [2.45, 2.75) is 25.3 Å². The summed E-state index contributed by atoms with van der Waals surface area (Å²) in [5.74, 6) is -0.135. The van der Waals surface area contributed by atoms with Crippen LogP contribution in [-0.2, 0) is 14.3 Å². The lowest BCUT2D eigenvalue weighted by atomic mass is 10.1. The number of methoxy groups -OCH3 is 1. The summed E-state index contributed by atoms with van der Waals surface area (Å²) in [4.78, 5) is 13.1. The molecule has 4 nitrogen and oxygen atoms in total. The number of carbonyl (C=O) groups excluding carboxylic acids is 1. The summed E-state index contributed by atoms with van der Waals surface area (Å²) < 4.78 is 9.88. The van der Waals surface area contributed by atoms with Crippen molar-refractivity contribution in [1.29, 1.82) is 0 Å². The Hall–Kier alpha value is -0.610. The van der Waals surface area contributed by atoms with Crippen LogP contribution in [0.2, 0.25) is 0 Å². The molecule has 0 atom stereocenters. The minimum atomic E-state index is -0.135. The number of rotatable bonds is 4. The van der Waals surface area contributed by atoms with Crippen molar-refractivity contribution in [1.82, 2.24) is 4.90 Å². The SMILES string of the molecule is COC(=O)CCN(C)C1CCOCC1. The maximum Gasteiger partial charge on any atom is 0.306 e. The Morgan fingerprint density at radius 3 is 2.71 bits per heavy atom. The molecular formula is C10H19NO3. The van der Waals surface area contributed by atoms with Crippen LogP contribution in [0.15, 0.2) is 0 Å². The second-order valence-corrected chi connectivity index (χ2v) is 3.65. The van der Waals surface area contributed by atoms with E-state index in [4.69, 9.17) is 4.74 Å². The van der Waals surface area contributed by atoms with Gasteiger partial charge in [-0.3, -0.25) is 4.79 Å². The van der Waals surface area contributed by atoms with Crippen LogP contribution in [0.3, 0.4) is 0 Å². The largest absolute Gasteiger partial charge is 0.469 e. The van der Waals surface area contributed by atoms with E-state index in [0.29, 0.717) is 12.5 Å². The van der Waals surface area contributed by atoms with E-state index < -0.39 is 0 Å². The van der Waals surface area contributed by atoms with E-state index in [-0.39, 0.29) is 5.97 Å². The van der Waals surface area contributed by atoms with Gasteiger partial charge in [0.1, 0.15) is 0 Å². The van der Waals surface area contributed by atoms with Crippen molar-refractivity contribution in [3.8, 4) is 0 Å². The molecule has 1 fully saturated rings. The molecule has 0 N–H and O–H groups in total. The molecule has 4 heteroatoms. The number of carbonyl (C=O) groups is 1. The van der Waals surface area contributed by atoms with Crippen LogP contribution in [0.4, 0.5) is 0 Å². The Balaban J connectivity index is 2.19. The van der Waals surface area contributed by atoms with Gasteiger partial charge in [0.15, 0.2) is 0 Å². The van der Waals surface area contributed by atoms with E-state index in [0.717, 1.165) is 32.6 Å². The lowest BCUT2D eigenvalue weighted by molar-refractivity contribution is -0.141. The molecule has 0 spiro atoms. The lowest BCUT2D eigenvalue weighted by Gasteiger charge is -2.30. The molecule has 0 aromatic heterocycles. The Morgan fingerprint density at radius 2 is 2.14 bits per heavy atom. The van der Waals surface area contributed by atoms with Gasteiger partial charge in [0.25, 0.3) is 0 Å². The summed E-state index contributed by atoms with van der Waals surface area (Å²) in [5, 5.41) is 0. The third-order valence-electron chi connectivity index (χ3n) is 2.71. The van der Waals surface area contributed by atoms with Gasteiger partial charge < -0.3 is 14.4 Å². The topological polar surface area (TPSA) is 38.8 Å². The highest BCUT2D eigenvalue weighted by Gasteiger charge is 2.18. The van der Waals surface area contributed by atoms with Gasteiger partial charge in [-0.2, -0.15) is 0 Å². The zero-order valence-corrected chi connectivity index (χ0v) is 8.99. The molecule has 1 rings (SSSR count). The molecule has 1 heterocycles. The second kappa shape index (κ2) is 5.98. The maximum atomic E-state index is 10.9. The van der Waals surface area contributed by atoms with Gasteiger partial charge >= 0.3 is 5.97 Å². The van der Waals surface area contributed by atoms with Crippen molar-refractivity contribution in [3.05, 3.63) is 0 Å². The van der Waals surface area contributed by atoms with Crippen LogP contribution in [0, 0.1) is 0 Å². The van der Waals surface area contributed by atoms with Gasteiger partial charge in [0, 0.05) is 25.8 Å². The molecule has 0 amide bonds. The Morgan fingerprint density at radius 1 is 1.50 bits per heavy atom. The van der Waals surface area contributed by atoms with E-state index in [2.05, 4.69) is 16.7 Å². The molecule has 82 valence electrons. The molecule has 1 saturated heterocycles. The summed E-state index contributed by atoms with van der Waals surface area (Å²) in [6, 6.07) is 0.563. The first-order valence-electron chi connectivity index (χ1n) is 5.09. The zero-order chi connectivity index (χ0) is 10.4. The normalized spacial score (nSPS) is 18.5. The van der Waals surface area contributed by atoms with Gasteiger partial charge in [0.05, 0.1) is 13.5 Å². The van der Waals surface area contributed by atoms with Crippen LogP contribution in [-0.4, -0.2) is 50.8 Å². The molecule has 0 aliphatic carbocycles. The van der Waals surface area contributed by atoms with Crippen molar-refractivity contribution in [2.75, 3.05) is 33.9 Å². The summed E-state index contributed by atoms with van der Waals surface area (Å²) in [6.07, 6.45) is 2.61. The van der Waals surface area contributed by atoms with E-state index >= 15 is 0 Å². The van der Waals surface area contributed by atoms with Crippen molar-refractivity contribution in [3.63, 3.8) is 0 Å². The number of ether oxygens (including phenoxy) is 2. The highest BCUT2D eigenvalue weighted by molar-refractivity contribution is 5.69. The van der Waals surface area contributed by atoms with Gasteiger partial charge in [-0.25, -0.2) is 0 Å². The lowest BCUT2D eigenvalue weighted by Crippen LogP contribution is -2.37. The monoisotopic (exact) mass is 201 g/mol. The highest BCUT2D eigenvalue weighted by Crippen LogP contribution is 2.12. The Labute approximate surface area is 85.2 Å². The van der Waals surface area contributed by atoms with Crippen LogP contribution in [0.25, 0.3) is 0 Å². The van der Waals surface area contributed by atoms with Crippen molar-refractivity contribution >= 4 is 5.97 Å². The molecule has 14 heavy (non-hydrogen) atoms. The molecule has 0 radical (unpaired) electrons. The summed E-state index contributed by atoms with van der Waals surface area (Å²) in [6.45, 7) is 2.46. The molecule has 0 saturated carbocycles. The second-order valence-electron chi connectivity index (χ2n) is 3.65. The predicted octanol–water partition coefficient (Wildman–Crippen LogP) is 0.660. The number of nitrogens with zero attached hydrogens (tertiary/aromatic N) is 1. The third kappa shape index (κ3) is 3.64. The molecule has 0 bridgehead atoms. The van der Waals surface area contributed by atoms with Gasteiger partial charge in [-0.05, 0) is 19.9 Å². The van der Waals surface area contributed by atoms with E-state index in [1.165, 1.54) is 7.11 Å². The standard InChI is InChI=1S/C10H19NO3/c1-11(6-3-10(12)13-2)9-4-7-14-8-5-9/h9H,3-8H2,1-2H3. The third-order valence-corrected chi connectivity index (χ3v) is 2.71. The Bertz CT molecular complexity index is 178. The predicted molar refractivity (Wildman–Crippen MR) is 53.1 cm³/mol. The zero-order valence-electron chi connectivity index (χ0n) is 8.99. The van der Waals surface area contributed by atoms with Gasteiger partial charge in [-0.15, -0.1) is 0 Å². The first kappa shape index (κ1) is 11.5. The van der Waals surface area contributed by atoms with Gasteiger partial charge in [-0.1, -0.05) is 0 Å². The first-order valence-corrected chi connectivity index (χ1v) is 5.09. The number of esters is 1. The summed E-state index contributed by atoms with van der Waals surface area (Å²) >= 11 is 0. The van der Waals surface area contributed by atoms with Crippen molar-refractivity contribution in [2.24, 2.45) is 0 Å². The van der Waals surface area contributed by atoms with Crippen molar-refractivity contribution < 1.29 is 14.3 Å². The van der Waals surface area contributed by atoms with E-state index in [1.54, 1.807) is 0 Å². The molecule has 0 aromatic rings. The molecular weight excluding hydrogens is 182 g/mol. The summed E-state index contributed by atoms with van der Waals surface area (Å²) in [5.41, 5.74) is 0. The first-order chi connectivity index (χ1) is 6.74. The average Bonchev–Trinajstić information content (AvgIpc) is 2.26. The fourth-order valence-electron chi connectivity index (χ4n) is 1.68. The number of hydrogen-bond acceptors (Lipinski definition) is 4. The maximum absolute atomic E-state index is 10.9. The molecule has 1 aliphatic rings. The minimum absolute atomic E-state index is 0.135. The molecule has 1 aliphatic heterocycles. The average molecular weight is 201 g/mol. The molecule has 0 unspecified atom stereocenters. The fraction of sp³-hybridized carbons (Fsp3) is 0.900. The Kier molecular flexibility index (Phi) is 4.90. The van der Waals surface area contributed by atoms with Gasteiger partial charge in [0.2, 0.25) is 0 Å². The van der Waals surface area contributed by atoms with E-state index in [1.807, 2.05) is 0 Å². The van der Waals surface area contributed by atoms with Crippen LogP contribution in [0.1, 0.15) is 19.3 Å². The smallest absolute Gasteiger partial charge is 0.306 e. The number of hydrogen-bond donors (Lipinski definition) is 0. The van der Waals surface area contributed by atoms with Crippen LogP contribution in [0.5, 0.6) is 0 Å². The van der Waals surface area contributed by atoms with Crippen LogP contribution < -0.4 is 0 Å². The summed E-state index contributed by atoms with van der Waals surface area (Å²) in [7, 11) is 3.48.